The molecule has 0 bridgehead atoms. The Morgan fingerprint density at radius 3 is 2.41 bits per heavy atom. The average Bonchev–Trinajstić information content (AvgIpc) is 3.07. The minimum atomic E-state index is -0.527. The van der Waals surface area contributed by atoms with Crippen molar-refractivity contribution in [2.75, 3.05) is 0 Å². The maximum absolute atomic E-state index is 12.1. The highest BCUT2D eigenvalue weighted by molar-refractivity contribution is 7.20. The molecular formula is C14H9Cl2N3O2S. The van der Waals surface area contributed by atoms with Crippen LogP contribution in [-0.4, -0.2) is 16.8 Å². The zero-order valence-electron chi connectivity index (χ0n) is 10.9. The van der Waals surface area contributed by atoms with Crippen LogP contribution < -0.4 is 10.9 Å². The molecule has 3 N–H and O–H groups in total. The summed E-state index contributed by atoms with van der Waals surface area (Å²) < 4.78 is 0.668. The van der Waals surface area contributed by atoms with Crippen molar-refractivity contribution in [3.63, 3.8) is 0 Å². The van der Waals surface area contributed by atoms with Crippen LogP contribution in [0.1, 0.15) is 20.7 Å². The van der Waals surface area contributed by atoms with Gasteiger partial charge in [0, 0.05) is 17.1 Å². The molecule has 8 heteroatoms. The second-order valence-corrected chi connectivity index (χ2v) is 6.68. The summed E-state index contributed by atoms with van der Waals surface area (Å²) in [6, 6.07) is 8.82. The van der Waals surface area contributed by atoms with Crippen molar-refractivity contribution < 1.29 is 9.59 Å². The number of hydrogen-bond acceptors (Lipinski definition) is 3. The third kappa shape index (κ3) is 2.81. The van der Waals surface area contributed by atoms with Gasteiger partial charge in [0.1, 0.15) is 4.34 Å². The number of carbonyl (C=O) groups is 2. The maximum Gasteiger partial charge on any atom is 0.272 e. The molecule has 2 aromatic heterocycles. The summed E-state index contributed by atoms with van der Waals surface area (Å²) in [5.41, 5.74) is 6.17. The lowest BCUT2D eigenvalue weighted by Crippen LogP contribution is -2.41. The Bertz CT molecular complexity index is 872. The molecule has 0 aliphatic rings. The average molecular weight is 354 g/mol. The number of halogens is 2. The van der Waals surface area contributed by atoms with E-state index in [1.54, 1.807) is 6.20 Å². The highest BCUT2D eigenvalue weighted by Crippen LogP contribution is 2.30. The summed E-state index contributed by atoms with van der Waals surface area (Å²) in [5.74, 6) is -0.954. The summed E-state index contributed by atoms with van der Waals surface area (Å²) >= 11 is 12.8. The van der Waals surface area contributed by atoms with Crippen LogP contribution in [-0.2, 0) is 0 Å². The summed E-state index contributed by atoms with van der Waals surface area (Å²) in [6.07, 6.45) is 1.58. The van der Waals surface area contributed by atoms with Crippen LogP contribution in [0.2, 0.25) is 8.67 Å². The van der Waals surface area contributed by atoms with Gasteiger partial charge in [-0.1, -0.05) is 41.4 Å². The minimum Gasteiger partial charge on any atom is -0.360 e. The fraction of sp³-hybridized carbons (Fsp3) is 0. The van der Waals surface area contributed by atoms with Gasteiger partial charge >= 0.3 is 0 Å². The molecule has 3 rings (SSSR count). The Hall–Kier alpha value is -2.02. The van der Waals surface area contributed by atoms with E-state index < -0.39 is 11.8 Å². The highest BCUT2D eigenvalue weighted by atomic mass is 35.5. The molecule has 0 saturated heterocycles. The number of hydrogen-bond donors (Lipinski definition) is 3. The number of aromatic amines is 1. The number of amides is 2. The van der Waals surface area contributed by atoms with Gasteiger partial charge in [0.15, 0.2) is 0 Å². The van der Waals surface area contributed by atoms with Crippen molar-refractivity contribution in [1.82, 2.24) is 15.8 Å². The highest BCUT2D eigenvalue weighted by Gasteiger charge is 2.16. The van der Waals surface area contributed by atoms with Gasteiger partial charge in [0.2, 0.25) is 0 Å². The quantitative estimate of drug-likeness (QED) is 0.615. The number of nitrogens with one attached hydrogen (secondary N) is 3. The van der Waals surface area contributed by atoms with Crippen LogP contribution in [0, 0.1) is 0 Å². The molecular weight excluding hydrogens is 345 g/mol. The zero-order chi connectivity index (χ0) is 15.7. The Morgan fingerprint density at radius 1 is 1.05 bits per heavy atom. The Morgan fingerprint density at radius 2 is 1.73 bits per heavy atom. The van der Waals surface area contributed by atoms with E-state index in [0.29, 0.717) is 9.90 Å². The topological polar surface area (TPSA) is 74.0 Å². The van der Waals surface area contributed by atoms with Crippen LogP contribution in [0.15, 0.2) is 36.5 Å². The van der Waals surface area contributed by atoms with Crippen molar-refractivity contribution in [2.45, 2.75) is 0 Å². The van der Waals surface area contributed by atoms with E-state index in [4.69, 9.17) is 23.2 Å². The molecule has 0 spiro atoms. The summed E-state index contributed by atoms with van der Waals surface area (Å²) in [6.45, 7) is 0. The van der Waals surface area contributed by atoms with E-state index in [1.807, 2.05) is 24.3 Å². The molecule has 0 aliphatic carbocycles. The van der Waals surface area contributed by atoms with Gasteiger partial charge in [0.25, 0.3) is 11.8 Å². The Kier molecular flexibility index (Phi) is 4.06. The number of thiophene rings is 1. The number of carbonyl (C=O) groups excluding carboxylic acids is 2. The molecule has 3 aromatic rings. The molecule has 0 radical (unpaired) electrons. The summed E-state index contributed by atoms with van der Waals surface area (Å²) in [5, 5.41) is 0.769. The number of aromatic nitrogens is 1. The number of benzene rings is 1. The first kappa shape index (κ1) is 14.9. The first-order valence-corrected chi connectivity index (χ1v) is 7.75. The number of fused-ring (bicyclic) bond motifs is 1. The van der Waals surface area contributed by atoms with Gasteiger partial charge < -0.3 is 4.98 Å². The first-order valence-electron chi connectivity index (χ1n) is 6.18. The van der Waals surface area contributed by atoms with Gasteiger partial charge in [0.05, 0.1) is 15.5 Å². The Labute approximate surface area is 139 Å². The summed E-state index contributed by atoms with van der Waals surface area (Å²) in [4.78, 5) is 27.1. The van der Waals surface area contributed by atoms with Gasteiger partial charge in [-0.05, 0) is 12.1 Å². The number of para-hydroxylation sites is 1. The van der Waals surface area contributed by atoms with Crippen molar-refractivity contribution in [1.29, 1.82) is 0 Å². The second-order valence-electron chi connectivity index (χ2n) is 4.39. The predicted octanol–water partition coefficient (Wildman–Crippen LogP) is 3.61. The lowest BCUT2D eigenvalue weighted by molar-refractivity contribution is 0.0848. The molecule has 0 saturated carbocycles. The largest absolute Gasteiger partial charge is 0.360 e. The van der Waals surface area contributed by atoms with Crippen molar-refractivity contribution in [3.8, 4) is 0 Å². The van der Waals surface area contributed by atoms with Gasteiger partial charge in [-0.2, -0.15) is 0 Å². The molecule has 0 unspecified atom stereocenters. The van der Waals surface area contributed by atoms with Crippen LogP contribution >= 0.6 is 34.5 Å². The molecule has 0 atom stereocenters. The normalized spacial score (nSPS) is 10.6. The fourth-order valence-electron chi connectivity index (χ4n) is 2.00. The van der Waals surface area contributed by atoms with Crippen LogP contribution in [0.25, 0.3) is 10.9 Å². The molecule has 2 heterocycles. The monoisotopic (exact) mass is 353 g/mol. The lowest BCUT2D eigenvalue weighted by Gasteiger charge is -2.06. The van der Waals surface area contributed by atoms with E-state index in [1.165, 1.54) is 6.07 Å². The SMILES string of the molecule is O=C(NNC(=O)c1c[nH]c2ccccc12)c1cc(Cl)sc1Cl. The molecule has 0 aliphatic heterocycles. The van der Waals surface area contributed by atoms with Crippen molar-refractivity contribution in [3.05, 3.63) is 56.3 Å². The zero-order valence-corrected chi connectivity index (χ0v) is 13.3. The number of hydrazine groups is 1. The van der Waals surface area contributed by atoms with Gasteiger partial charge in [-0.15, -0.1) is 11.3 Å². The molecule has 0 fully saturated rings. The van der Waals surface area contributed by atoms with E-state index in [-0.39, 0.29) is 9.90 Å². The number of rotatable bonds is 2. The third-order valence-electron chi connectivity index (χ3n) is 3.02. The fourth-order valence-corrected chi connectivity index (χ4v) is 3.46. The molecule has 112 valence electrons. The maximum atomic E-state index is 12.1. The van der Waals surface area contributed by atoms with E-state index in [0.717, 1.165) is 22.2 Å². The molecule has 2 amide bonds. The van der Waals surface area contributed by atoms with Gasteiger partial charge in [-0.25, -0.2) is 0 Å². The van der Waals surface area contributed by atoms with E-state index in [2.05, 4.69) is 15.8 Å². The smallest absolute Gasteiger partial charge is 0.272 e. The molecule has 1 aromatic carbocycles. The van der Waals surface area contributed by atoms with E-state index in [9.17, 15) is 9.59 Å². The van der Waals surface area contributed by atoms with Crippen LogP contribution in [0.3, 0.4) is 0 Å². The molecule has 22 heavy (non-hydrogen) atoms. The first-order chi connectivity index (χ1) is 10.6. The second kappa shape index (κ2) is 6.00. The number of H-pyrrole nitrogens is 1. The minimum absolute atomic E-state index is 0.218. The van der Waals surface area contributed by atoms with E-state index >= 15 is 0 Å². The Balaban J connectivity index is 1.72. The summed E-state index contributed by atoms with van der Waals surface area (Å²) in [7, 11) is 0. The van der Waals surface area contributed by atoms with Crippen LogP contribution in [0.5, 0.6) is 0 Å². The van der Waals surface area contributed by atoms with Crippen LogP contribution in [0.4, 0.5) is 0 Å². The van der Waals surface area contributed by atoms with Crippen molar-refractivity contribution >= 4 is 57.3 Å². The standard InChI is InChI=1S/C14H9Cl2N3O2S/c15-11-5-8(12(16)22-11)13(20)18-19-14(21)9-6-17-10-4-2-1-3-7(9)10/h1-6,17H,(H,18,20)(H,19,21). The van der Waals surface area contributed by atoms with Gasteiger partial charge in [-0.3, -0.25) is 20.4 Å². The molecule has 5 nitrogen and oxygen atoms in total. The lowest BCUT2D eigenvalue weighted by atomic mass is 10.2. The van der Waals surface area contributed by atoms with Crippen molar-refractivity contribution in [2.24, 2.45) is 0 Å². The third-order valence-corrected chi connectivity index (χ3v) is 4.51. The predicted molar refractivity (Wildman–Crippen MR) is 87.6 cm³/mol.